The summed E-state index contributed by atoms with van der Waals surface area (Å²) in [5.74, 6) is 1.73. The summed E-state index contributed by atoms with van der Waals surface area (Å²) in [6, 6.07) is 7.85. The van der Waals surface area contributed by atoms with Crippen molar-refractivity contribution in [3.8, 4) is 0 Å². The molecule has 0 aliphatic carbocycles. The van der Waals surface area contributed by atoms with Crippen molar-refractivity contribution < 1.29 is 4.42 Å². The molecule has 3 aromatic heterocycles. The molecule has 0 aliphatic rings. The lowest BCUT2D eigenvalue weighted by Gasteiger charge is -2.10. The summed E-state index contributed by atoms with van der Waals surface area (Å²) in [5.41, 5.74) is 0.847. The van der Waals surface area contributed by atoms with Gasteiger partial charge in [0.2, 0.25) is 0 Å². The van der Waals surface area contributed by atoms with Crippen LogP contribution in [0.4, 0.5) is 0 Å². The number of hydrogen-bond donors (Lipinski definition) is 1. The van der Waals surface area contributed by atoms with Gasteiger partial charge in [-0.15, -0.1) is 10.2 Å². The van der Waals surface area contributed by atoms with Gasteiger partial charge < -0.3 is 9.73 Å². The molecule has 0 aliphatic heterocycles. The maximum Gasteiger partial charge on any atom is 0.183 e. The van der Waals surface area contributed by atoms with Gasteiger partial charge in [-0.2, -0.15) is 0 Å². The van der Waals surface area contributed by atoms with Gasteiger partial charge in [-0.25, -0.2) is 0 Å². The first-order valence-electron chi connectivity index (χ1n) is 6.12. The third kappa shape index (κ3) is 2.65. The zero-order chi connectivity index (χ0) is 14.1. The highest BCUT2D eigenvalue weighted by Crippen LogP contribution is 2.27. The standard InChI is InChI=1S/C13H12Br2N4O/c1-8(16-7-9-6-10(14)12(15)20-9)13-18-17-11-4-2-3-5-19(11)13/h2-6,8,16H,7H2,1H3. The van der Waals surface area contributed by atoms with Crippen molar-refractivity contribution in [2.45, 2.75) is 19.5 Å². The molecule has 20 heavy (non-hydrogen) atoms. The van der Waals surface area contributed by atoms with Crippen LogP contribution in [0, 0.1) is 0 Å². The third-order valence-corrected chi connectivity index (χ3v) is 4.72. The molecular weight excluding hydrogens is 388 g/mol. The van der Waals surface area contributed by atoms with E-state index in [1.807, 2.05) is 34.9 Å². The minimum absolute atomic E-state index is 0.0649. The quantitative estimate of drug-likeness (QED) is 0.726. The maximum absolute atomic E-state index is 5.53. The number of nitrogens with zero attached hydrogens (tertiary/aromatic N) is 3. The first-order valence-corrected chi connectivity index (χ1v) is 7.70. The van der Waals surface area contributed by atoms with E-state index in [1.165, 1.54) is 0 Å². The molecule has 0 aromatic carbocycles. The van der Waals surface area contributed by atoms with E-state index in [2.05, 4.69) is 54.3 Å². The second kappa shape index (κ2) is 5.67. The molecule has 0 bridgehead atoms. The van der Waals surface area contributed by atoms with Gasteiger partial charge in [0.1, 0.15) is 5.76 Å². The number of nitrogens with one attached hydrogen (secondary N) is 1. The molecule has 0 saturated heterocycles. The number of furan rings is 1. The molecule has 3 heterocycles. The predicted octanol–water partition coefficient (Wildman–Crippen LogP) is 3.70. The molecular formula is C13H12Br2N4O. The highest BCUT2D eigenvalue weighted by atomic mass is 79.9. The summed E-state index contributed by atoms with van der Waals surface area (Å²) in [7, 11) is 0. The Bertz CT molecular complexity index is 717. The molecule has 0 radical (unpaired) electrons. The summed E-state index contributed by atoms with van der Waals surface area (Å²) < 4.78 is 9.13. The van der Waals surface area contributed by atoms with Crippen LogP contribution < -0.4 is 5.32 Å². The topological polar surface area (TPSA) is 55.4 Å². The average molecular weight is 400 g/mol. The lowest BCUT2D eigenvalue weighted by atomic mass is 10.3. The normalized spacial score (nSPS) is 12.9. The van der Waals surface area contributed by atoms with Crippen LogP contribution in [-0.4, -0.2) is 14.6 Å². The predicted molar refractivity (Wildman–Crippen MR) is 82.3 cm³/mol. The zero-order valence-corrected chi connectivity index (χ0v) is 13.8. The van der Waals surface area contributed by atoms with E-state index < -0.39 is 0 Å². The lowest BCUT2D eigenvalue weighted by Crippen LogP contribution is -2.20. The van der Waals surface area contributed by atoms with Gasteiger partial charge >= 0.3 is 0 Å². The van der Waals surface area contributed by atoms with Crippen LogP contribution in [0.1, 0.15) is 24.6 Å². The monoisotopic (exact) mass is 398 g/mol. The first-order chi connectivity index (χ1) is 9.65. The van der Waals surface area contributed by atoms with Crippen molar-refractivity contribution in [3.63, 3.8) is 0 Å². The fourth-order valence-electron chi connectivity index (χ4n) is 1.98. The molecule has 104 valence electrons. The molecule has 1 atom stereocenters. The van der Waals surface area contributed by atoms with Crippen molar-refractivity contribution in [1.82, 2.24) is 19.9 Å². The summed E-state index contributed by atoms with van der Waals surface area (Å²) in [4.78, 5) is 0. The summed E-state index contributed by atoms with van der Waals surface area (Å²) >= 11 is 6.73. The Morgan fingerprint density at radius 2 is 2.20 bits per heavy atom. The Morgan fingerprint density at radius 1 is 1.35 bits per heavy atom. The van der Waals surface area contributed by atoms with Crippen LogP contribution in [0.25, 0.3) is 5.65 Å². The van der Waals surface area contributed by atoms with E-state index in [1.54, 1.807) is 0 Å². The summed E-state index contributed by atoms with van der Waals surface area (Å²) in [6.45, 7) is 2.67. The minimum Gasteiger partial charge on any atom is -0.452 e. The van der Waals surface area contributed by atoms with E-state index >= 15 is 0 Å². The van der Waals surface area contributed by atoms with Crippen LogP contribution in [-0.2, 0) is 6.54 Å². The molecule has 1 unspecified atom stereocenters. The van der Waals surface area contributed by atoms with E-state index in [4.69, 9.17) is 4.42 Å². The van der Waals surface area contributed by atoms with Gasteiger partial charge in [0.15, 0.2) is 16.1 Å². The Kier molecular flexibility index (Phi) is 3.91. The number of fused-ring (bicyclic) bond motifs is 1. The van der Waals surface area contributed by atoms with Gasteiger partial charge in [0, 0.05) is 6.20 Å². The number of pyridine rings is 1. The lowest BCUT2D eigenvalue weighted by molar-refractivity contribution is 0.439. The van der Waals surface area contributed by atoms with Crippen molar-refractivity contribution in [3.05, 3.63) is 51.2 Å². The Morgan fingerprint density at radius 3 is 2.95 bits per heavy atom. The molecule has 3 rings (SSSR count). The van der Waals surface area contributed by atoms with Crippen molar-refractivity contribution in [2.24, 2.45) is 0 Å². The Hall–Kier alpha value is -1.18. The number of rotatable bonds is 4. The number of hydrogen-bond acceptors (Lipinski definition) is 4. The molecule has 5 nitrogen and oxygen atoms in total. The van der Waals surface area contributed by atoms with E-state index in [-0.39, 0.29) is 6.04 Å². The maximum atomic E-state index is 5.53. The van der Waals surface area contributed by atoms with Gasteiger partial charge in [-0.3, -0.25) is 4.40 Å². The van der Waals surface area contributed by atoms with Crippen molar-refractivity contribution >= 4 is 37.5 Å². The second-order valence-corrected chi connectivity index (χ2v) is 6.00. The molecule has 3 aromatic rings. The molecule has 0 amide bonds. The van der Waals surface area contributed by atoms with Crippen LogP contribution in [0.15, 0.2) is 44.0 Å². The molecule has 0 spiro atoms. The molecule has 1 N–H and O–H groups in total. The minimum atomic E-state index is 0.0649. The van der Waals surface area contributed by atoms with Crippen LogP contribution in [0.5, 0.6) is 0 Å². The summed E-state index contributed by atoms with van der Waals surface area (Å²) in [6.07, 6.45) is 1.96. The first kappa shape index (κ1) is 13.8. The molecule has 0 fully saturated rings. The van der Waals surface area contributed by atoms with Crippen molar-refractivity contribution in [1.29, 1.82) is 0 Å². The van der Waals surface area contributed by atoms with Crippen LogP contribution >= 0.6 is 31.9 Å². The largest absolute Gasteiger partial charge is 0.452 e. The fourth-order valence-corrected chi connectivity index (χ4v) is 2.64. The average Bonchev–Trinajstić information content (AvgIpc) is 3.00. The van der Waals surface area contributed by atoms with E-state index in [9.17, 15) is 0 Å². The van der Waals surface area contributed by atoms with Crippen LogP contribution in [0.3, 0.4) is 0 Å². The summed E-state index contributed by atoms with van der Waals surface area (Å²) in [5, 5.41) is 11.8. The molecule has 7 heteroatoms. The van der Waals surface area contributed by atoms with Gasteiger partial charge in [0.05, 0.1) is 17.1 Å². The van der Waals surface area contributed by atoms with Gasteiger partial charge in [0.25, 0.3) is 0 Å². The van der Waals surface area contributed by atoms with E-state index in [0.717, 1.165) is 21.7 Å². The number of halogens is 2. The zero-order valence-electron chi connectivity index (χ0n) is 10.7. The van der Waals surface area contributed by atoms with Gasteiger partial charge in [-0.1, -0.05) is 6.07 Å². The van der Waals surface area contributed by atoms with Crippen molar-refractivity contribution in [2.75, 3.05) is 0 Å². The second-order valence-electron chi connectivity index (χ2n) is 4.42. The number of aromatic nitrogens is 3. The fraction of sp³-hybridized carbons (Fsp3) is 0.231. The Labute approximate surface area is 132 Å². The van der Waals surface area contributed by atoms with Crippen LogP contribution in [0.2, 0.25) is 0 Å². The molecule has 0 saturated carbocycles. The highest BCUT2D eigenvalue weighted by molar-refractivity contribution is 9.13. The highest BCUT2D eigenvalue weighted by Gasteiger charge is 2.14. The SMILES string of the molecule is CC(NCc1cc(Br)c(Br)o1)c1nnc2ccccn12. The Balaban J connectivity index is 1.74. The van der Waals surface area contributed by atoms with E-state index in [0.29, 0.717) is 11.2 Å². The third-order valence-electron chi connectivity index (χ3n) is 3.01. The van der Waals surface area contributed by atoms with Gasteiger partial charge in [-0.05, 0) is 57.0 Å². The smallest absolute Gasteiger partial charge is 0.183 e.